The average Bonchev–Trinajstić information content (AvgIpc) is 1.90. The van der Waals surface area contributed by atoms with Crippen LogP contribution in [0.5, 0.6) is 0 Å². The van der Waals surface area contributed by atoms with Gasteiger partial charge >= 0.3 is 5.97 Å². The lowest BCUT2D eigenvalue weighted by molar-refractivity contribution is -0.134. The van der Waals surface area contributed by atoms with Gasteiger partial charge in [-0.3, -0.25) is 0 Å². The molecule has 1 aliphatic heterocycles. The highest BCUT2D eigenvalue weighted by molar-refractivity contribution is 5.86. The van der Waals surface area contributed by atoms with E-state index in [9.17, 15) is 4.79 Å². The second kappa shape index (κ2) is 3.79. The quantitative estimate of drug-likeness (QED) is 0.589. The molecule has 10 heavy (non-hydrogen) atoms. The lowest BCUT2D eigenvalue weighted by atomic mass is 10.4. The van der Waals surface area contributed by atoms with Gasteiger partial charge in [0, 0.05) is 0 Å². The van der Waals surface area contributed by atoms with Crippen LogP contribution >= 0.6 is 12.4 Å². The van der Waals surface area contributed by atoms with Gasteiger partial charge in [-0.05, 0) is 12.2 Å². The van der Waals surface area contributed by atoms with E-state index in [1.807, 2.05) is 0 Å². The molecule has 0 saturated heterocycles. The van der Waals surface area contributed by atoms with Gasteiger partial charge < -0.3 is 9.94 Å². The van der Waals surface area contributed by atoms with E-state index in [0.717, 1.165) is 0 Å². The van der Waals surface area contributed by atoms with E-state index in [1.165, 1.54) is 18.4 Å². The molecule has 0 aliphatic carbocycles. The Morgan fingerprint density at radius 1 is 1.70 bits per heavy atom. The van der Waals surface area contributed by atoms with Gasteiger partial charge in [-0.25, -0.2) is 10.3 Å². The molecule has 0 amide bonds. The number of aliphatic carboxylic acids is 1. The Morgan fingerprint density at radius 3 is 2.70 bits per heavy atom. The Balaban J connectivity index is 0.000000810. The van der Waals surface area contributed by atoms with Gasteiger partial charge in [0.2, 0.25) is 0 Å². The summed E-state index contributed by atoms with van der Waals surface area (Å²) in [4.78, 5) is 14.6. The Morgan fingerprint density at radius 2 is 2.40 bits per heavy atom. The number of allylic oxidation sites excluding steroid dienone is 2. The summed E-state index contributed by atoms with van der Waals surface area (Å²) in [6, 6.07) is 0. The van der Waals surface area contributed by atoms with Crippen molar-refractivity contribution in [1.29, 1.82) is 0 Å². The van der Waals surface area contributed by atoms with Gasteiger partial charge in [0.15, 0.2) is 5.70 Å². The summed E-state index contributed by atoms with van der Waals surface area (Å²) in [6.07, 6.45) is 4.26. The monoisotopic (exact) mass is 163 g/mol. The highest BCUT2D eigenvalue weighted by Crippen LogP contribution is 1.95. The number of hydroxylamine groups is 1. The molecule has 56 valence electrons. The van der Waals surface area contributed by atoms with Crippen LogP contribution in [0, 0.1) is 0 Å². The molecule has 0 aromatic rings. The molecule has 5 heteroatoms. The first-order chi connectivity index (χ1) is 4.30. The van der Waals surface area contributed by atoms with Crippen LogP contribution in [0.2, 0.25) is 0 Å². The number of hydrogen-bond donors (Lipinski definition) is 2. The maximum Gasteiger partial charge on any atom is 0.355 e. The van der Waals surface area contributed by atoms with Crippen LogP contribution in [0.4, 0.5) is 0 Å². The SMILES string of the molecule is Cl.O=C(O)C1=CC=CON1. The van der Waals surface area contributed by atoms with Crippen molar-refractivity contribution in [3.05, 3.63) is 24.1 Å². The van der Waals surface area contributed by atoms with Crippen molar-refractivity contribution in [1.82, 2.24) is 5.48 Å². The van der Waals surface area contributed by atoms with Crippen LogP contribution in [0.3, 0.4) is 0 Å². The maximum absolute atomic E-state index is 10.1. The third-order valence-corrected chi connectivity index (χ3v) is 0.809. The number of halogens is 1. The van der Waals surface area contributed by atoms with Crippen LogP contribution in [-0.4, -0.2) is 11.1 Å². The Labute approximate surface area is 63.5 Å². The van der Waals surface area contributed by atoms with Crippen LogP contribution < -0.4 is 5.48 Å². The van der Waals surface area contributed by atoms with E-state index in [1.54, 1.807) is 0 Å². The smallest absolute Gasteiger partial charge is 0.355 e. The molecule has 1 aliphatic rings. The fourth-order valence-corrected chi connectivity index (χ4v) is 0.421. The van der Waals surface area contributed by atoms with Gasteiger partial charge in [-0.1, -0.05) is 0 Å². The standard InChI is InChI=1S/C5H5NO3.ClH/c7-5(8)4-2-1-3-9-6-4;/h1-3,6H,(H,7,8);1H. The van der Waals surface area contributed by atoms with Crippen molar-refractivity contribution in [2.45, 2.75) is 0 Å². The summed E-state index contributed by atoms with van der Waals surface area (Å²) in [6.45, 7) is 0. The van der Waals surface area contributed by atoms with Crippen molar-refractivity contribution in [3.63, 3.8) is 0 Å². The molecule has 0 saturated carbocycles. The van der Waals surface area contributed by atoms with Gasteiger partial charge in [0.05, 0.1) is 0 Å². The topological polar surface area (TPSA) is 58.6 Å². The van der Waals surface area contributed by atoms with Gasteiger partial charge in [0.25, 0.3) is 0 Å². The Hall–Kier alpha value is -1.16. The van der Waals surface area contributed by atoms with Gasteiger partial charge in [-0.15, -0.1) is 12.4 Å². The zero-order valence-corrected chi connectivity index (χ0v) is 5.72. The van der Waals surface area contributed by atoms with Crippen molar-refractivity contribution in [2.24, 2.45) is 0 Å². The average molecular weight is 164 g/mol. The molecule has 0 aromatic carbocycles. The largest absolute Gasteiger partial charge is 0.476 e. The highest BCUT2D eigenvalue weighted by atomic mass is 35.5. The maximum atomic E-state index is 10.1. The predicted octanol–water partition coefficient (Wildman–Crippen LogP) is 0.425. The normalized spacial score (nSPS) is 13.8. The molecule has 1 rings (SSSR count). The minimum Gasteiger partial charge on any atom is -0.476 e. The molecule has 0 radical (unpaired) electrons. The first-order valence-electron chi connectivity index (χ1n) is 2.32. The van der Waals surface area contributed by atoms with Crippen LogP contribution in [0.15, 0.2) is 24.1 Å². The lowest BCUT2D eigenvalue weighted by Crippen LogP contribution is -2.19. The Bertz CT molecular complexity index is 187. The molecule has 1 heterocycles. The molecule has 0 fully saturated rings. The predicted molar refractivity (Wildman–Crippen MR) is 36.3 cm³/mol. The highest BCUT2D eigenvalue weighted by Gasteiger charge is 2.06. The third kappa shape index (κ3) is 1.99. The van der Waals surface area contributed by atoms with Crippen molar-refractivity contribution >= 4 is 18.4 Å². The first kappa shape index (κ1) is 8.84. The van der Waals surface area contributed by atoms with Crippen LogP contribution in [0.1, 0.15) is 0 Å². The molecule has 0 aromatic heterocycles. The van der Waals surface area contributed by atoms with Crippen LogP contribution in [-0.2, 0) is 9.63 Å². The number of nitrogens with one attached hydrogen (secondary N) is 1. The van der Waals surface area contributed by atoms with Crippen molar-refractivity contribution in [3.8, 4) is 0 Å². The van der Waals surface area contributed by atoms with E-state index >= 15 is 0 Å². The minimum absolute atomic E-state index is 0. The van der Waals surface area contributed by atoms with Gasteiger partial charge in [0.1, 0.15) is 6.26 Å². The second-order valence-electron chi connectivity index (χ2n) is 1.43. The number of carboxylic acids is 1. The summed E-state index contributed by atoms with van der Waals surface area (Å²) < 4.78 is 0. The lowest BCUT2D eigenvalue weighted by Gasteiger charge is -2.06. The van der Waals surface area contributed by atoms with Crippen molar-refractivity contribution < 1.29 is 14.7 Å². The van der Waals surface area contributed by atoms with E-state index in [-0.39, 0.29) is 18.1 Å². The summed E-state index contributed by atoms with van der Waals surface area (Å²) >= 11 is 0. The minimum atomic E-state index is -1.03. The fraction of sp³-hybridized carbons (Fsp3) is 0. The van der Waals surface area contributed by atoms with Gasteiger partial charge in [-0.2, -0.15) is 0 Å². The zero-order valence-electron chi connectivity index (χ0n) is 4.90. The Kier molecular flexibility index (Phi) is 3.35. The molecule has 0 bridgehead atoms. The van der Waals surface area contributed by atoms with E-state index in [4.69, 9.17) is 5.11 Å². The number of hydrogen-bond acceptors (Lipinski definition) is 3. The molecular weight excluding hydrogens is 158 g/mol. The fourth-order valence-electron chi connectivity index (χ4n) is 0.421. The number of carbonyl (C=O) groups is 1. The van der Waals surface area contributed by atoms with Crippen molar-refractivity contribution in [2.75, 3.05) is 0 Å². The van der Waals surface area contributed by atoms with E-state index in [2.05, 4.69) is 10.3 Å². The second-order valence-corrected chi connectivity index (χ2v) is 1.43. The summed E-state index contributed by atoms with van der Waals surface area (Å²) in [5.74, 6) is -1.03. The molecule has 4 nitrogen and oxygen atoms in total. The zero-order chi connectivity index (χ0) is 6.69. The molecule has 0 atom stereocenters. The summed E-state index contributed by atoms with van der Waals surface area (Å²) in [5.41, 5.74) is 2.23. The summed E-state index contributed by atoms with van der Waals surface area (Å²) in [7, 11) is 0. The molecule has 2 N–H and O–H groups in total. The molecule has 0 spiro atoms. The number of carboxylic acid groups (broad SMARTS) is 1. The number of rotatable bonds is 1. The van der Waals surface area contributed by atoms with E-state index < -0.39 is 5.97 Å². The first-order valence-corrected chi connectivity index (χ1v) is 2.32. The molecule has 0 unspecified atom stereocenters. The van der Waals surface area contributed by atoms with E-state index in [0.29, 0.717) is 0 Å². The van der Waals surface area contributed by atoms with Crippen LogP contribution in [0.25, 0.3) is 0 Å². The molecular formula is C5H6ClNO3. The summed E-state index contributed by atoms with van der Waals surface area (Å²) in [5, 5.41) is 8.29. The third-order valence-electron chi connectivity index (χ3n) is 0.809.